The second-order valence-electron chi connectivity index (χ2n) is 15.2. The van der Waals surface area contributed by atoms with E-state index < -0.39 is 41.7 Å². The summed E-state index contributed by atoms with van der Waals surface area (Å²) < 4.78 is 17.9. The summed E-state index contributed by atoms with van der Waals surface area (Å²) in [6.45, 7) is 5.43. The number of ether oxygens (including phenoxy) is 3. The minimum Gasteiger partial charge on any atom is -0.458 e. The third-order valence-electron chi connectivity index (χ3n) is 11.0. The van der Waals surface area contributed by atoms with Gasteiger partial charge >= 0.3 is 24.2 Å². The smallest absolute Gasteiger partial charge is 0.415 e. The normalized spacial score (nSPS) is 15.3. The number of hydrogen-bond acceptors (Lipinski definition) is 12. The highest BCUT2D eigenvalue weighted by Gasteiger charge is 2.45. The predicted molar refractivity (Wildman–Crippen MR) is 225 cm³/mol. The van der Waals surface area contributed by atoms with Crippen molar-refractivity contribution < 1.29 is 48.1 Å². The van der Waals surface area contributed by atoms with Crippen LogP contribution >= 0.6 is 0 Å². The molecule has 0 unspecified atom stereocenters. The van der Waals surface area contributed by atoms with Crippen molar-refractivity contribution in [3.63, 3.8) is 0 Å². The summed E-state index contributed by atoms with van der Waals surface area (Å²) in [4.78, 5) is 95.1. The lowest BCUT2D eigenvalue weighted by Crippen LogP contribution is -2.44. The molecule has 4 aromatic rings. The van der Waals surface area contributed by atoms with E-state index in [4.69, 9.17) is 24.9 Å². The van der Waals surface area contributed by atoms with Gasteiger partial charge < -0.3 is 55.4 Å². The van der Waals surface area contributed by atoms with Crippen molar-refractivity contribution in [2.24, 2.45) is 5.73 Å². The third-order valence-corrected chi connectivity index (χ3v) is 11.0. The van der Waals surface area contributed by atoms with Gasteiger partial charge in [-0.1, -0.05) is 26.0 Å². The minimum atomic E-state index is -1.95. The summed E-state index contributed by atoms with van der Waals surface area (Å²) in [5, 5.41) is 19.8. The van der Waals surface area contributed by atoms with Crippen LogP contribution in [0.4, 0.5) is 20.1 Å². The van der Waals surface area contributed by atoms with Gasteiger partial charge in [-0.05, 0) is 67.1 Å². The van der Waals surface area contributed by atoms with E-state index in [-0.39, 0.29) is 80.6 Å². The number of urea groups is 1. The molecule has 19 heteroatoms. The molecule has 0 saturated carbocycles. The molecule has 62 heavy (non-hydrogen) atoms. The number of carbonyl (C=O) groups excluding carboxylic acids is 6. The first-order valence-electron chi connectivity index (χ1n) is 20.2. The number of hydrogen-bond donors (Lipinski definition) is 5. The molecule has 2 aliphatic rings. The Labute approximate surface area is 356 Å². The number of aromatic nitrogens is 2. The molecule has 0 spiro atoms. The Morgan fingerprint density at radius 2 is 1.71 bits per heavy atom. The van der Waals surface area contributed by atoms with E-state index in [2.05, 4.69) is 16.0 Å². The van der Waals surface area contributed by atoms with Gasteiger partial charge in [0, 0.05) is 68.9 Å². The van der Waals surface area contributed by atoms with Crippen molar-refractivity contribution >= 4 is 52.6 Å². The van der Waals surface area contributed by atoms with Gasteiger partial charge in [0.2, 0.25) is 11.8 Å². The largest absolute Gasteiger partial charge is 0.458 e. The second-order valence-corrected chi connectivity index (χ2v) is 15.2. The number of nitrogens with one attached hydrogen (secondary N) is 3. The topological polar surface area (TPSA) is 254 Å². The Balaban J connectivity index is 1.03. The molecule has 2 aliphatic heterocycles. The van der Waals surface area contributed by atoms with Gasteiger partial charge in [0.15, 0.2) is 5.60 Å². The second kappa shape index (κ2) is 18.7. The molecule has 0 fully saturated rings. The Morgan fingerprint density at radius 1 is 1.00 bits per heavy atom. The fraction of sp³-hybridized carbons (Fsp3) is 0.395. The number of nitrogens with two attached hydrogens (primary N) is 1. The standard InChI is InChI=1S/C43H50N8O11/c1-6-28-29-15-14-27(19-34(29)48-36-30(28)21-51-35(36)20-32-31(38(51)54)23-60-39(55)43(32,59)7-2)62-42(58)50(5)18-17-49(4)41(57)61-22-25-10-12-26(13-11-25)47-37(53)33(46-24(3)52)9-8-16-45-40(44)56/h10-15,19-20,33,59H,6-9,16-18,21-23H2,1-5H3,(H,46,52)(H,47,53)(H3,44,45,56)/t33-,43-/m0/s1. The number of benzene rings is 2. The number of likely N-dealkylation sites (N-methyl/N-ethyl adjacent to an activating group) is 2. The minimum absolute atomic E-state index is 0.0262. The Kier molecular flexibility index (Phi) is 13.4. The fourth-order valence-electron chi connectivity index (χ4n) is 7.48. The molecule has 6 rings (SSSR count). The molecule has 0 bridgehead atoms. The van der Waals surface area contributed by atoms with E-state index in [0.717, 1.165) is 16.5 Å². The van der Waals surface area contributed by atoms with Crippen LogP contribution in [-0.2, 0) is 55.6 Å². The fourth-order valence-corrected chi connectivity index (χ4v) is 7.48. The van der Waals surface area contributed by atoms with Crippen molar-refractivity contribution in [1.82, 2.24) is 30.0 Å². The molecule has 0 radical (unpaired) electrons. The summed E-state index contributed by atoms with van der Waals surface area (Å²) in [5.41, 5.74) is 7.71. The molecule has 0 saturated heterocycles. The SMILES string of the molecule is CCc1c2c(nc3cc(OC(=O)N(C)CCN(C)C(=O)OCc4ccc(NC(=O)[C@H](CCCNC(N)=O)NC(C)=O)cc4)ccc13)-c1cc3c(c(=O)n1C2)COC(=O)[C@]3(O)CC. The van der Waals surface area contributed by atoms with Gasteiger partial charge in [0.25, 0.3) is 5.56 Å². The Morgan fingerprint density at radius 3 is 2.37 bits per heavy atom. The number of esters is 1. The maximum absolute atomic E-state index is 13.7. The number of primary amides is 1. The van der Waals surface area contributed by atoms with Crippen molar-refractivity contribution in [3.8, 4) is 17.1 Å². The van der Waals surface area contributed by atoms with E-state index in [1.54, 1.807) is 54.0 Å². The zero-order valence-electron chi connectivity index (χ0n) is 35.2. The van der Waals surface area contributed by atoms with Crippen LogP contribution in [0.1, 0.15) is 67.9 Å². The van der Waals surface area contributed by atoms with Crippen LogP contribution in [0.5, 0.6) is 5.75 Å². The number of cyclic esters (lactones) is 1. The molecule has 6 amide bonds. The molecule has 328 valence electrons. The zero-order valence-corrected chi connectivity index (χ0v) is 35.2. The summed E-state index contributed by atoms with van der Waals surface area (Å²) in [7, 11) is 3.07. The molecular weight excluding hydrogens is 805 g/mol. The van der Waals surface area contributed by atoms with Crippen LogP contribution in [-0.4, -0.2) is 100 Å². The highest BCUT2D eigenvalue weighted by Crippen LogP contribution is 2.40. The molecule has 2 aromatic carbocycles. The summed E-state index contributed by atoms with van der Waals surface area (Å²) in [5.74, 6) is -1.39. The average molecular weight is 855 g/mol. The van der Waals surface area contributed by atoms with E-state index in [0.29, 0.717) is 41.0 Å². The maximum Gasteiger partial charge on any atom is 0.415 e. The number of rotatable bonds is 15. The van der Waals surface area contributed by atoms with Crippen molar-refractivity contribution in [1.29, 1.82) is 0 Å². The average Bonchev–Trinajstić information content (AvgIpc) is 3.61. The summed E-state index contributed by atoms with van der Waals surface area (Å²) in [6, 6.07) is 11.9. The molecule has 0 aliphatic carbocycles. The van der Waals surface area contributed by atoms with Crippen molar-refractivity contribution in [2.45, 2.75) is 77.9 Å². The first-order chi connectivity index (χ1) is 29.5. The highest BCUT2D eigenvalue weighted by molar-refractivity contribution is 5.97. The first-order valence-corrected chi connectivity index (χ1v) is 20.2. The number of anilines is 1. The number of pyridine rings is 2. The highest BCUT2D eigenvalue weighted by atomic mass is 16.6. The first kappa shape index (κ1) is 44.5. The van der Waals surface area contributed by atoms with Crippen LogP contribution in [0, 0.1) is 0 Å². The Hall–Kier alpha value is -7.02. The maximum atomic E-state index is 13.7. The van der Waals surface area contributed by atoms with Gasteiger partial charge in [-0.25, -0.2) is 24.2 Å². The molecule has 6 N–H and O–H groups in total. The summed E-state index contributed by atoms with van der Waals surface area (Å²) in [6.07, 6.45) is 0.0303. The predicted octanol–water partition coefficient (Wildman–Crippen LogP) is 3.23. The number of fused-ring (bicyclic) bond motifs is 5. The van der Waals surface area contributed by atoms with E-state index in [1.165, 1.54) is 30.8 Å². The monoisotopic (exact) mass is 854 g/mol. The number of aryl methyl sites for hydroxylation is 1. The quantitative estimate of drug-likeness (QED) is 0.0752. The lowest BCUT2D eigenvalue weighted by molar-refractivity contribution is -0.172. The number of carbonyl (C=O) groups is 6. The van der Waals surface area contributed by atoms with E-state index >= 15 is 0 Å². The third kappa shape index (κ3) is 9.46. The molecular formula is C43H50N8O11. The van der Waals surface area contributed by atoms with Gasteiger partial charge in [-0.2, -0.15) is 0 Å². The van der Waals surface area contributed by atoms with Gasteiger partial charge in [-0.15, -0.1) is 0 Å². The molecule has 19 nitrogen and oxygen atoms in total. The van der Waals surface area contributed by atoms with Crippen LogP contribution in [0.2, 0.25) is 0 Å². The van der Waals surface area contributed by atoms with Crippen molar-refractivity contribution in [2.75, 3.05) is 39.0 Å². The van der Waals surface area contributed by atoms with Gasteiger partial charge in [-0.3, -0.25) is 14.4 Å². The number of nitrogens with zero attached hydrogens (tertiary/aromatic N) is 4. The van der Waals surface area contributed by atoms with E-state index in [1.807, 2.05) is 13.0 Å². The van der Waals surface area contributed by atoms with Gasteiger partial charge in [0.1, 0.15) is 25.0 Å². The lowest BCUT2D eigenvalue weighted by atomic mass is 9.86. The van der Waals surface area contributed by atoms with Gasteiger partial charge in [0.05, 0.1) is 29.0 Å². The van der Waals surface area contributed by atoms with Crippen LogP contribution < -0.4 is 32.0 Å². The number of aliphatic hydroxyl groups is 1. The lowest BCUT2D eigenvalue weighted by Gasteiger charge is -2.31. The van der Waals surface area contributed by atoms with Crippen molar-refractivity contribution in [3.05, 3.63) is 86.7 Å². The zero-order chi connectivity index (χ0) is 44.9. The molecule has 2 aromatic heterocycles. The van der Waals surface area contributed by atoms with Crippen LogP contribution in [0.25, 0.3) is 22.3 Å². The van der Waals surface area contributed by atoms with Crippen LogP contribution in [0.3, 0.4) is 0 Å². The molecule has 2 atom stereocenters. The molecule has 4 heterocycles. The summed E-state index contributed by atoms with van der Waals surface area (Å²) >= 11 is 0. The Bertz CT molecular complexity index is 2490. The number of amides is 6. The van der Waals surface area contributed by atoms with Crippen LogP contribution in [0.15, 0.2) is 53.3 Å². The van der Waals surface area contributed by atoms with E-state index in [9.17, 15) is 38.7 Å².